The smallest absolute Gasteiger partial charge is 0.657 e. The Morgan fingerprint density at radius 1 is 0.426 bits per heavy atom. The molecule has 0 spiro atoms. The van der Waals surface area contributed by atoms with Crippen molar-refractivity contribution in [2.24, 2.45) is 0 Å². The molecular formula is C52H34CuN4O4. The number of benzene rings is 5. The Kier molecular flexibility index (Phi) is 10.4. The van der Waals surface area contributed by atoms with Crippen LogP contribution in [0.2, 0.25) is 0 Å². The summed E-state index contributed by atoms with van der Waals surface area (Å²) >= 11 is 0. The summed E-state index contributed by atoms with van der Waals surface area (Å²) in [7, 11) is 2.58. The maximum Gasteiger partial charge on any atom is 2.00 e. The van der Waals surface area contributed by atoms with Crippen molar-refractivity contribution in [3.05, 3.63) is 180 Å². The molecule has 1 radical (unpaired) electrons. The van der Waals surface area contributed by atoms with Crippen LogP contribution in [0, 0.1) is 0 Å². The van der Waals surface area contributed by atoms with Gasteiger partial charge in [-0.1, -0.05) is 146 Å². The number of nitrogens with zero attached hydrogens (tertiary/aromatic N) is 4. The fourth-order valence-electron chi connectivity index (χ4n) is 8.17. The number of fused-ring (bicyclic) bond motifs is 11. The van der Waals surface area contributed by atoms with Crippen molar-refractivity contribution in [1.29, 1.82) is 0 Å². The van der Waals surface area contributed by atoms with Crippen molar-refractivity contribution >= 4 is 46.2 Å². The van der Waals surface area contributed by atoms with E-state index in [0.717, 1.165) is 66.9 Å². The van der Waals surface area contributed by atoms with Gasteiger partial charge in [0.05, 0.1) is 48.1 Å². The summed E-state index contributed by atoms with van der Waals surface area (Å²) in [5.74, 6) is -1.36. The molecular weight excluding hydrogens is 808 g/mol. The minimum absolute atomic E-state index is 0. The summed E-state index contributed by atoms with van der Waals surface area (Å²) in [6.45, 7) is 0. The molecule has 61 heavy (non-hydrogen) atoms. The van der Waals surface area contributed by atoms with E-state index in [9.17, 15) is 9.59 Å². The molecule has 10 rings (SSSR count). The first-order chi connectivity index (χ1) is 29.5. The average molecular weight is 842 g/mol. The zero-order valence-electron chi connectivity index (χ0n) is 32.9. The maximum absolute atomic E-state index is 13.5. The van der Waals surface area contributed by atoms with Crippen molar-refractivity contribution in [3.8, 4) is 67.0 Å². The molecule has 5 aromatic carbocycles. The van der Waals surface area contributed by atoms with Crippen molar-refractivity contribution < 1.29 is 36.1 Å². The Balaban J connectivity index is 0.00000476. The molecule has 0 unspecified atom stereocenters. The predicted octanol–water partition coefficient (Wildman–Crippen LogP) is 11.3. The number of carbonyl (C=O) groups excluding carboxylic acids is 2. The first-order valence-electron chi connectivity index (χ1n) is 19.5. The van der Waals surface area contributed by atoms with Gasteiger partial charge in [-0.05, 0) is 68.8 Å². The Labute approximate surface area is 362 Å². The second kappa shape index (κ2) is 16.2. The number of esters is 2. The molecule has 5 heterocycles. The van der Waals surface area contributed by atoms with Crippen LogP contribution in [0.25, 0.3) is 101 Å². The van der Waals surface area contributed by atoms with Crippen molar-refractivity contribution in [3.63, 3.8) is 0 Å². The van der Waals surface area contributed by atoms with Gasteiger partial charge in [0.1, 0.15) is 0 Å². The summed E-state index contributed by atoms with van der Waals surface area (Å²) in [6, 6.07) is 51.6. The zero-order chi connectivity index (χ0) is 40.7. The second-order valence-corrected chi connectivity index (χ2v) is 14.3. The van der Waals surface area contributed by atoms with Gasteiger partial charge in [0.25, 0.3) is 0 Å². The number of hydrogen-bond acceptors (Lipinski definition) is 6. The van der Waals surface area contributed by atoms with Crippen LogP contribution in [0.1, 0.15) is 32.1 Å². The van der Waals surface area contributed by atoms with Gasteiger partial charge in [0.15, 0.2) is 0 Å². The molecule has 297 valence electrons. The minimum Gasteiger partial charge on any atom is -0.657 e. The van der Waals surface area contributed by atoms with Gasteiger partial charge < -0.3 is 19.4 Å². The average Bonchev–Trinajstić information content (AvgIpc) is 4.14. The molecule has 0 fully saturated rings. The van der Waals surface area contributed by atoms with E-state index in [1.165, 1.54) is 14.2 Å². The van der Waals surface area contributed by atoms with Crippen molar-refractivity contribution in [2.75, 3.05) is 14.2 Å². The number of rotatable bonds is 6. The molecule has 0 saturated carbocycles. The van der Waals surface area contributed by atoms with Crippen LogP contribution in [0.15, 0.2) is 158 Å². The van der Waals surface area contributed by atoms with Crippen LogP contribution in [0.3, 0.4) is 0 Å². The first kappa shape index (κ1) is 38.9. The number of aromatic nitrogens is 4. The molecule has 0 amide bonds. The summed E-state index contributed by atoms with van der Waals surface area (Å²) in [5.41, 5.74) is 13.7. The molecule has 0 saturated heterocycles. The largest absolute Gasteiger partial charge is 2.00 e. The summed E-state index contributed by atoms with van der Waals surface area (Å²) in [4.78, 5) is 48.6. The fraction of sp³-hybridized carbons (Fsp3) is 0.0385. The maximum atomic E-state index is 13.5. The van der Waals surface area contributed by atoms with Gasteiger partial charge in [-0.25, -0.2) is 19.6 Å². The molecule has 2 aliphatic heterocycles. The molecule has 0 N–H and O–H groups in total. The van der Waals surface area contributed by atoms with Gasteiger partial charge in [-0.15, -0.1) is 22.1 Å². The number of carbonyl (C=O) groups is 2. The SMILES string of the molecule is COC(=O)c1cc2c(cc1C(=O)OC)-c1nc-2c(-c2ccccc2)c2ccc([n-]2)c(-c2ccccc2)c2nc(c(-c3ccccc3)c3ccc([n-]3)c1-c1ccccc1)C=C2.[Cu+2]. The Bertz CT molecular complexity index is 2980. The standard InChI is InChI=1S/C52H36N4O4.Cu/c1-59-51(57)37-29-35-36(30-38(37)52(58)60-2)50-48(34-21-13-6-14-22-34)44-28-26-42(55-44)46(32-17-9-4-10-18-32)40-24-23-39(53-40)45(31-15-7-3-8-16-31)41-25-27-43(54-41)47(49(35)56-50)33-19-11-5-12-20-33;/h3-30H,1-2H3,(H2,53,54,55,56,57,58);/q;+2/p-2. The van der Waals surface area contributed by atoms with E-state index in [-0.39, 0.29) is 28.2 Å². The minimum atomic E-state index is -0.679. The Hall–Kier alpha value is -7.58. The number of methoxy groups -OCH3 is 2. The van der Waals surface area contributed by atoms with Gasteiger partial charge in [0.2, 0.25) is 0 Å². The molecule has 0 aliphatic carbocycles. The first-order valence-corrected chi connectivity index (χ1v) is 19.5. The third kappa shape index (κ3) is 6.86. The number of hydrogen-bond donors (Lipinski definition) is 0. The van der Waals surface area contributed by atoms with Gasteiger partial charge >= 0.3 is 29.0 Å². The van der Waals surface area contributed by atoms with E-state index < -0.39 is 11.9 Å². The van der Waals surface area contributed by atoms with Crippen LogP contribution in [0.5, 0.6) is 0 Å². The van der Waals surface area contributed by atoms with Crippen molar-refractivity contribution in [1.82, 2.24) is 19.9 Å². The second-order valence-electron chi connectivity index (χ2n) is 14.3. The topological polar surface area (TPSA) is 107 Å². The van der Waals surface area contributed by atoms with Gasteiger partial charge in [-0.3, -0.25) is 0 Å². The normalized spacial score (nSPS) is 11.4. The van der Waals surface area contributed by atoms with Crippen molar-refractivity contribution in [2.45, 2.75) is 0 Å². The van der Waals surface area contributed by atoms with E-state index >= 15 is 0 Å². The molecule has 9 heteroatoms. The van der Waals surface area contributed by atoms with E-state index in [4.69, 9.17) is 29.4 Å². The number of ether oxygens (including phenoxy) is 2. The summed E-state index contributed by atoms with van der Waals surface area (Å²) in [5, 5.41) is 0. The summed E-state index contributed by atoms with van der Waals surface area (Å²) in [6.07, 6.45) is 4.09. The molecule has 3 aromatic heterocycles. The van der Waals surface area contributed by atoms with Gasteiger partial charge in [-0.2, -0.15) is 0 Å². The quantitative estimate of drug-likeness (QED) is 0.120. The van der Waals surface area contributed by atoms with E-state index in [0.29, 0.717) is 33.5 Å². The van der Waals surface area contributed by atoms with E-state index in [1.54, 1.807) is 12.1 Å². The predicted molar refractivity (Wildman–Crippen MR) is 237 cm³/mol. The Morgan fingerprint density at radius 2 is 0.738 bits per heavy atom. The third-order valence-corrected chi connectivity index (χ3v) is 10.9. The van der Waals surface area contributed by atoms with Crippen LogP contribution in [-0.2, 0) is 26.5 Å². The van der Waals surface area contributed by atoms with Gasteiger partial charge in [0, 0.05) is 11.1 Å². The summed E-state index contributed by atoms with van der Waals surface area (Å²) < 4.78 is 10.5. The molecule has 8 aromatic rings. The van der Waals surface area contributed by atoms with E-state index in [1.807, 2.05) is 133 Å². The van der Waals surface area contributed by atoms with Crippen LogP contribution < -0.4 is 9.97 Å². The fourth-order valence-corrected chi connectivity index (χ4v) is 8.17. The van der Waals surface area contributed by atoms with E-state index in [2.05, 4.69) is 24.3 Å². The third-order valence-electron chi connectivity index (χ3n) is 10.9. The van der Waals surface area contributed by atoms with Crippen LogP contribution in [0.4, 0.5) is 0 Å². The molecule has 2 aliphatic rings. The van der Waals surface area contributed by atoms with Crippen LogP contribution >= 0.6 is 0 Å². The zero-order valence-corrected chi connectivity index (χ0v) is 33.8. The Morgan fingerprint density at radius 3 is 1.07 bits per heavy atom. The molecule has 8 bridgehead atoms. The molecule has 0 atom stereocenters. The van der Waals surface area contributed by atoms with Crippen LogP contribution in [-0.4, -0.2) is 36.1 Å². The molecule has 8 nitrogen and oxygen atoms in total. The monoisotopic (exact) mass is 841 g/mol.